The Kier molecular flexibility index (Phi) is 15.3. The lowest BCUT2D eigenvalue weighted by atomic mass is 9.91. The van der Waals surface area contributed by atoms with E-state index in [-0.39, 0.29) is 23.6 Å². The molecule has 12 nitrogen and oxygen atoms in total. The van der Waals surface area contributed by atoms with Gasteiger partial charge in [0.25, 0.3) is 5.91 Å². The Morgan fingerprint density at radius 1 is 1.04 bits per heavy atom. The second-order valence-electron chi connectivity index (χ2n) is 14.1. The number of nitriles is 1. The number of aromatic nitrogens is 1. The molecule has 53 heavy (non-hydrogen) atoms. The van der Waals surface area contributed by atoms with Gasteiger partial charge in [-0.15, -0.1) is 0 Å². The van der Waals surface area contributed by atoms with E-state index in [0.29, 0.717) is 58.2 Å². The molecule has 1 atom stereocenters. The molecule has 14 heteroatoms. The van der Waals surface area contributed by atoms with Crippen molar-refractivity contribution in [2.24, 2.45) is 0 Å². The highest BCUT2D eigenvalue weighted by molar-refractivity contribution is 7.80. The summed E-state index contributed by atoms with van der Waals surface area (Å²) in [5, 5.41) is 15.1. The van der Waals surface area contributed by atoms with E-state index >= 15 is 0 Å². The van der Waals surface area contributed by atoms with Crippen molar-refractivity contribution in [3.63, 3.8) is 0 Å². The molecule has 1 aliphatic carbocycles. The first-order valence-corrected chi connectivity index (χ1v) is 19.6. The Morgan fingerprint density at radius 3 is 2.30 bits per heavy atom. The zero-order valence-corrected chi connectivity index (χ0v) is 33.2. The van der Waals surface area contributed by atoms with Crippen molar-refractivity contribution >= 4 is 63.9 Å². The van der Waals surface area contributed by atoms with Gasteiger partial charge in [-0.05, 0) is 88.6 Å². The van der Waals surface area contributed by atoms with E-state index in [1.54, 1.807) is 41.4 Å². The fourth-order valence-electron chi connectivity index (χ4n) is 7.28. The van der Waals surface area contributed by atoms with Crippen LogP contribution in [0.1, 0.15) is 103 Å². The number of pyridine rings is 1. The van der Waals surface area contributed by atoms with Crippen molar-refractivity contribution in [3.05, 3.63) is 52.8 Å². The van der Waals surface area contributed by atoms with E-state index in [2.05, 4.69) is 37.2 Å². The number of amides is 4. The highest BCUT2D eigenvalue weighted by Gasteiger charge is 2.52. The molecular formula is C39H53ClN8O4S. The molecule has 4 heterocycles. The quantitative estimate of drug-likeness (QED) is 0.248. The van der Waals surface area contributed by atoms with Gasteiger partial charge in [0, 0.05) is 38.6 Å². The summed E-state index contributed by atoms with van der Waals surface area (Å²) in [4.78, 5) is 61.0. The molecule has 0 spiro atoms. The number of thiocarbonyl (C=S) groups is 1. The van der Waals surface area contributed by atoms with Crippen LogP contribution in [0.3, 0.4) is 0 Å². The van der Waals surface area contributed by atoms with Gasteiger partial charge in [0.1, 0.15) is 11.6 Å². The molecule has 4 fully saturated rings. The van der Waals surface area contributed by atoms with E-state index in [1.807, 2.05) is 33.8 Å². The Balaban J connectivity index is 0.000000228. The molecule has 1 aromatic carbocycles. The zero-order chi connectivity index (χ0) is 38.7. The summed E-state index contributed by atoms with van der Waals surface area (Å²) in [5.74, 6) is -1.06. The van der Waals surface area contributed by atoms with Crippen LogP contribution < -0.4 is 15.5 Å². The summed E-state index contributed by atoms with van der Waals surface area (Å²) in [5.41, 5.74) is 1.58. The Bertz CT molecular complexity index is 1670. The van der Waals surface area contributed by atoms with Gasteiger partial charge in [0.2, 0.25) is 17.7 Å². The first-order valence-electron chi connectivity index (χ1n) is 18.8. The molecule has 2 N–H and O–H groups in total. The van der Waals surface area contributed by atoms with Crippen LogP contribution in [0.15, 0.2) is 36.5 Å². The van der Waals surface area contributed by atoms with Crippen LogP contribution in [0.25, 0.3) is 0 Å². The number of benzene rings is 1. The fourth-order valence-corrected chi connectivity index (χ4v) is 8.06. The number of anilines is 2. The minimum Gasteiger partial charge on any atom is -0.331 e. The van der Waals surface area contributed by atoms with Gasteiger partial charge in [0.05, 0.1) is 46.3 Å². The van der Waals surface area contributed by atoms with E-state index < -0.39 is 11.5 Å². The molecular weight excluding hydrogens is 712 g/mol. The number of nitrogens with one attached hydrogen (secondary N) is 2. The van der Waals surface area contributed by atoms with Crippen LogP contribution in [-0.2, 0) is 19.2 Å². The fraction of sp³-hybridized carbons (Fsp3) is 0.564. The van der Waals surface area contributed by atoms with E-state index in [1.165, 1.54) is 19.3 Å². The number of halogens is 1. The molecule has 6 rings (SSSR count). The standard InChI is InChI=1S/C19H27N5O3.C18H20ClN3OS.C2H6/c1-2-7-23-8-10-24(11-9-23)13-18(26)21-14-3-5-16(20-12-14)15-4-6-17(25)22-19(15)27;1-18(2)16(23)21(14-9-8-12(11-20)15(19)10-14)17(24)22(18)13-6-4-3-5-7-13;1-2/h3,5,12,15H,2,4,6-11,13H2,1H3,(H,21,26)(H,22,25,27);8-10,13H,3-7H2,1-2H3;1-2H3. The Labute approximate surface area is 324 Å². The van der Waals surface area contributed by atoms with Gasteiger partial charge in [-0.1, -0.05) is 51.6 Å². The predicted molar refractivity (Wildman–Crippen MR) is 212 cm³/mol. The minimum atomic E-state index is -0.667. The summed E-state index contributed by atoms with van der Waals surface area (Å²) in [7, 11) is 0. The summed E-state index contributed by atoms with van der Waals surface area (Å²) < 4.78 is 0. The molecule has 286 valence electrons. The number of hydrogen-bond donors (Lipinski definition) is 2. The molecule has 2 aromatic rings. The number of hydrogen-bond acceptors (Lipinski definition) is 9. The van der Waals surface area contributed by atoms with Gasteiger partial charge in [0.15, 0.2) is 5.11 Å². The third kappa shape index (κ3) is 10.4. The average molecular weight is 765 g/mol. The monoisotopic (exact) mass is 764 g/mol. The molecule has 1 aromatic heterocycles. The van der Waals surface area contributed by atoms with Crippen molar-refractivity contribution < 1.29 is 19.2 Å². The highest BCUT2D eigenvalue weighted by Crippen LogP contribution is 2.38. The Hall–Kier alpha value is -3.96. The Morgan fingerprint density at radius 2 is 1.72 bits per heavy atom. The number of piperazine rings is 1. The van der Waals surface area contributed by atoms with Crippen LogP contribution >= 0.6 is 23.8 Å². The zero-order valence-electron chi connectivity index (χ0n) is 31.6. The number of rotatable bonds is 8. The highest BCUT2D eigenvalue weighted by atomic mass is 35.5. The van der Waals surface area contributed by atoms with Crippen LogP contribution in [0.4, 0.5) is 11.4 Å². The maximum absolute atomic E-state index is 13.0. The summed E-state index contributed by atoms with van der Waals surface area (Å²) in [6.07, 6.45) is 9.25. The largest absolute Gasteiger partial charge is 0.331 e. The molecule has 1 saturated carbocycles. The summed E-state index contributed by atoms with van der Waals surface area (Å²) >= 11 is 11.8. The van der Waals surface area contributed by atoms with Crippen molar-refractivity contribution in [1.82, 2.24) is 25.0 Å². The molecule has 0 radical (unpaired) electrons. The molecule has 4 amide bonds. The predicted octanol–water partition coefficient (Wildman–Crippen LogP) is 5.85. The van der Waals surface area contributed by atoms with E-state index in [4.69, 9.17) is 29.1 Å². The second-order valence-corrected chi connectivity index (χ2v) is 14.8. The molecule has 4 aliphatic rings. The minimum absolute atomic E-state index is 0.0427. The summed E-state index contributed by atoms with van der Waals surface area (Å²) in [6.45, 7) is 15.3. The van der Waals surface area contributed by atoms with Crippen LogP contribution in [0, 0.1) is 11.3 Å². The van der Waals surface area contributed by atoms with Gasteiger partial charge in [-0.2, -0.15) is 5.26 Å². The third-order valence-electron chi connectivity index (χ3n) is 10.0. The van der Waals surface area contributed by atoms with Gasteiger partial charge >= 0.3 is 0 Å². The van der Waals surface area contributed by atoms with E-state index in [0.717, 1.165) is 52.0 Å². The van der Waals surface area contributed by atoms with Crippen molar-refractivity contribution in [2.75, 3.05) is 49.5 Å². The van der Waals surface area contributed by atoms with Crippen LogP contribution in [-0.4, -0.2) is 99.3 Å². The van der Waals surface area contributed by atoms with Gasteiger partial charge in [-0.3, -0.25) is 39.3 Å². The summed E-state index contributed by atoms with van der Waals surface area (Å²) in [6, 6.07) is 10.8. The maximum atomic E-state index is 13.0. The van der Waals surface area contributed by atoms with Crippen molar-refractivity contribution in [1.29, 1.82) is 5.26 Å². The number of carbonyl (C=O) groups is 4. The van der Waals surface area contributed by atoms with E-state index in [9.17, 15) is 19.2 Å². The molecule has 3 saturated heterocycles. The topological polar surface area (TPSA) is 142 Å². The number of imide groups is 1. The lowest BCUT2D eigenvalue weighted by Gasteiger charge is -2.39. The second kappa shape index (κ2) is 19.4. The first-order chi connectivity index (χ1) is 25.4. The van der Waals surface area contributed by atoms with Gasteiger partial charge in [-0.25, -0.2) is 0 Å². The normalized spacial score (nSPS) is 20.8. The van der Waals surface area contributed by atoms with Crippen molar-refractivity contribution in [2.45, 2.75) is 103 Å². The SMILES string of the molecule is CC.CC1(C)C(=O)N(c2ccc(C#N)c(Cl)c2)C(=S)N1C1CCCCC1.CCCN1CCN(CC(=O)Nc2ccc(C3CCC(=O)NC3=O)nc2)CC1. The lowest BCUT2D eigenvalue weighted by Crippen LogP contribution is -2.50. The number of nitrogens with zero attached hydrogens (tertiary/aromatic N) is 6. The number of carbonyl (C=O) groups excluding carboxylic acids is 4. The van der Waals surface area contributed by atoms with Crippen molar-refractivity contribution in [3.8, 4) is 6.07 Å². The molecule has 1 unspecified atom stereocenters. The lowest BCUT2D eigenvalue weighted by molar-refractivity contribution is -0.134. The first kappa shape index (κ1) is 41.8. The molecule has 0 bridgehead atoms. The average Bonchev–Trinajstić information content (AvgIpc) is 3.33. The molecule has 3 aliphatic heterocycles. The van der Waals surface area contributed by atoms with Gasteiger partial charge < -0.3 is 15.1 Å². The number of piperidine rings is 1. The van der Waals surface area contributed by atoms with Crippen LogP contribution in [0.2, 0.25) is 5.02 Å². The van der Waals surface area contributed by atoms with Crippen LogP contribution in [0.5, 0.6) is 0 Å². The smallest absolute Gasteiger partial charge is 0.258 e. The third-order valence-corrected chi connectivity index (χ3v) is 10.7. The maximum Gasteiger partial charge on any atom is 0.258 e.